The van der Waals surface area contributed by atoms with E-state index in [1.807, 2.05) is 25.1 Å². The van der Waals surface area contributed by atoms with Crippen molar-refractivity contribution in [1.29, 1.82) is 0 Å². The van der Waals surface area contributed by atoms with Crippen molar-refractivity contribution in [2.24, 2.45) is 5.73 Å². The Morgan fingerprint density at radius 2 is 2.05 bits per heavy atom. The summed E-state index contributed by atoms with van der Waals surface area (Å²) in [7, 11) is 1.63. The molecule has 1 atom stereocenters. The van der Waals surface area contributed by atoms with Crippen molar-refractivity contribution in [2.75, 3.05) is 7.11 Å². The SMILES string of the molecule is COc1ccc(C(N)Cc2c(F)cccc2Cl)cc1C. The molecule has 0 aliphatic heterocycles. The third kappa shape index (κ3) is 3.11. The van der Waals surface area contributed by atoms with E-state index in [0.29, 0.717) is 17.0 Å². The first-order chi connectivity index (χ1) is 9.52. The highest BCUT2D eigenvalue weighted by Gasteiger charge is 2.14. The number of rotatable bonds is 4. The topological polar surface area (TPSA) is 35.2 Å². The first-order valence-corrected chi connectivity index (χ1v) is 6.73. The normalized spacial score (nSPS) is 12.2. The Hall–Kier alpha value is -1.58. The van der Waals surface area contributed by atoms with Gasteiger partial charge in [-0.1, -0.05) is 29.8 Å². The Morgan fingerprint density at radius 3 is 2.65 bits per heavy atom. The summed E-state index contributed by atoms with van der Waals surface area (Å²) in [6.07, 6.45) is 0.358. The summed E-state index contributed by atoms with van der Waals surface area (Å²) in [6, 6.07) is 10.1. The molecule has 2 aromatic carbocycles. The molecule has 0 aromatic heterocycles. The van der Waals surface area contributed by atoms with Crippen LogP contribution in [-0.4, -0.2) is 7.11 Å². The van der Waals surface area contributed by atoms with E-state index < -0.39 is 0 Å². The second-order valence-electron chi connectivity index (χ2n) is 4.74. The maximum Gasteiger partial charge on any atom is 0.127 e. The first kappa shape index (κ1) is 14.8. The quantitative estimate of drug-likeness (QED) is 0.923. The van der Waals surface area contributed by atoms with Gasteiger partial charge in [0.1, 0.15) is 11.6 Å². The molecule has 106 valence electrons. The molecule has 0 aliphatic carbocycles. The first-order valence-electron chi connectivity index (χ1n) is 6.36. The number of methoxy groups -OCH3 is 1. The van der Waals surface area contributed by atoms with Gasteiger partial charge in [-0.2, -0.15) is 0 Å². The van der Waals surface area contributed by atoms with Gasteiger partial charge in [-0.05, 0) is 42.7 Å². The molecule has 0 fully saturated rings. The standard InChI is InChI=1S/C16H17ClFNO/c1-10-8-11(6-7-16(10)20-2)15(19)9-12-13(17)4-3-5-14(12)18/h3-8,15H,9,19H2,1-2H3. The van der Waals surface area contributed by atoms with Gasteiger partial charge in [-0.3, -0.25) is 0 Å². The number of hydrogen-bond donors (Lipinski definition) is 1. The van der Waals surface area contributed by atoms with Crippen LogP contribution in [0, 0.1) is 12.7 Å². The van der Waals surface area contributed by atoms with Gasteiger partial charge < -0.3 is 10.5 Å². The molecule has 1 unspecified atom stereocenters. The number of halogens is 2. The minimum absolute atomic E-state index is 0.311. The van der Waals surface area contributed by atoms with Gasteiger partial charge in [0.05, 0.1) is 7.11 Å². The van der Waals surface area contributed by atoms with Crippen LogP contribution in [0.4, 0.5) is 4.39 Å². The molecule has 0 saturated heterocycles. The fourth-order valence-corrected chi connectivity index (χ4v) is 2.44. The van der Waals surface area contributed by atoms with E-state index in [0.717, 1.165) is 16.9 Å². The highest BCUT2D eigenvalue weighted by Crippen LogP contribution is 2.27. The molecule has 0 aliphatic rings. The average Bonchev–Trinajstić information content (AvgIpc) is 2.42. The lowest BCUT2D eigenvalue weighted by Gasteiger charge is -2.15. The minimum atomic E-state index is -0.321. The molecule has 0 radical (unpaired) electrons. The van der Waals surface area contributed by atoms with Crippen LogP contribution in [0.25, 0.3) is 0 Å². The predicted octanol–water partition coefficient (Wildman–Crippen LogP) is 4.04. The molecule has 4 heteroatoms. The molecule has 2 aromatic rings. The lowest BCUT2D eigenvalue weighted by Crippen LogP contribution is -2.14. The zero-order valence-electron chi connectivity index (χ0n) is 11.5. The van der Waals surface area contributed by atoms with Crippen molar-refractivity contribution < 1.29 is 9.13 Å². The maximum absolute atomic E-state index is 13.8. The molecule has 2 N–H and O–H groups in total. The fraction of sp³-hybridized carbons (Fsp3) is 0.250. The van der Waals surface area contributed by atoms with Crippen molar-refractivity contribution >= 4 is 11.6 Å². The molecule has 0 spiro atoms. The molecule has 20 heavy (non-hydrogen) atoms. The second kappa shape index (κ2) is 6.25. The lowest BCUT2D eigenvalue weighted by molar-refractivity contribution is 0.411. The Labute approximate surface area is 123 Å². The number of nitrogens with two attached hydrogens (primary N) is 1. The summed E-state index contributed by atoms with van der Waals surface area (Å²) in [6.45, 7) is 1.95. The largest absolute Gasteiger partial charge is 0.496 e. The number of ether oxygens (including phenoxy) is 1. The summed E-state index contributed by atoms with van der Waals surface area (Å²) in [5.41, 5.74) is 8.55. The minimum Gasteiger partial charge on any atom is -0.496 e. The highest BCUT2D eigenvalue weighted by molar-refractivity contribution is 6.31. The van der Waals surface area contributed by atoms with Gasteiger partial charge in [0.25, 0.3) is 0 Å². The number of aryl methyl sites for hydroxylation is 1. The van der Waals surface area contributed by atoms with Crippen LogP contribution in [-0.2, 0) is 6.42 Å². The van der Waals surface area contributed by atoms with Crippen LogP contribution in [0.5, 0.6) is 5.75 Å². The Balaban J connectivity index is 2.24. The van der Waals surface area contributed by atoms with E-state index in [1.165, 1.54) is 6.07 Å². The van der Waals surface area contributed by atoms with Crippen LogP contribution in [0.15, 0.2) is 36.4 Å². The van der Waals surface area contributed by atoms with Gasteiger partial charge in [-0.25, -0.2) is 4.39 Å². The van der Waals surface area contributed by atoms with E-state index >= 15 is 0 Å². The van der Waals surface area contributed by atoms with Gasteiger partial charge >= 0.3 is 0 Å². The Kier molecular flexibility index (Phi) is 4.63. The van der Waals surface area contributed by atoms with Gasteiger partial charge in [0.2, 0.25) is 0 Å². The van der Waals surface area contributed by atoms with Crippen LogP contribution in [0.3, 0.4) is 0 Å². The average molecular weight is 294 g/mol. The zero-order valence-corrected chi connectivity index (χ0v) is 12.2. The van der Waals surface area contributed by atoms with E-state index in [9.17, 15) is 4.39 Å². The van der Waals surface area contributed by atoms with Crippen LogP contribution in [0.2, 0.25) is 5.02 Å². The van der Waals surface area contributed by atoms with Crippen molar-refractivity contribution in [3.05, 3.63) is 63.9 Å². The molecule has 0 heterocycles. The maximum atomic E-state index is 13.8. The molecule has 0 bridgehead atoms. The summed E-state index contributed by atoms with van der Waals surface area (Å²) >= 11 is 6.02. The third-order valence-corrected chi connectivity index (χ3v) is 3.69. The summed E-state index contributed by atoms with van der Waals surface area (Å²) in [5.74, 6) is 0.489. The zero-order chi connectivity index (χ0) is 14.7. The van der Waals surface area contributed by atoms with Crippen LogP contribution >= 0.6 is 11.6 Å². The van der Waals surface area contributed by atoms with Crippen molar-refractivity contribution in [3.63, 3.8) is 0 Å². The van der Waals surface area contributed by atoms with Crippen LogP contribution < -0.4 is 10.5 Å². The highest BCUT2D eigenvalue weighted by atomic mass is 35.5. The van der Waals surface area contributed by atoms with Crippen molar-refractivity contribution in [3.8, 4) is 5.75 Å². The van der Waals surface area contributed by atoms with Gasteiger partial charge in [-0.15, -0.1) is 0 Å². The molecule has 0 amide bonds. The number of benzene rings is 2. The Morgan fingerprint density at radius 1 is 1.30 bits per heavy atom. The van der Waals surface area contributed by atoms with E-state index in [2.05, 4.69) is 0 Å². The second-order valence-corrected chi connectivity index (χ2v) is 5.15. The number of hydrogen-bond acceptors (Lipinski definition) is 2. The third-order valence-electron chi connectivity index (χ3n) is 3.33. The van der Waals surface area contributed by atoms with Gasteiger partial charge in [0.15, 0.2) is 0 Å². The van der Waals surface area contributed by atoms with E-state index in [1.54, 1.807) is 19.2 Å². The van der Waals surface area contributed by atoms with Crippen molar-refractivity contribution in [2.45, 2.75) is 19.4 Å². The summed E-state index contributed by atoms with van der Waals surface area (Å²) in [5, 5.41) is 0.408. The van der Waals surface area contributed by atoms with E-state index in [-0.39, 0.29) is 11.9 Å². The van der Waals surface area contributed by atoms with Crippen LogP contribution in [0.1, 0.15) is 22.7 Å². The lowest BCUT2D eigenvalue weighted by atomic mass is 9.97. The van der Waals surface area contributed by atoms with Crippen molar-refractivity contribution in [1.82, 2.24) is 0 Å². The molecule has 0 saturated carbocycles. The molecule has 2 nitrogen and oxygen atoms in total. The summed E-state index contributed by atoms with van der Waals surface area (Å²) < 4.78 is 19.0. The van der Waals surface area contributed by atoms with Gasteiger partial charge in [0, 0.05) is 16.6 Å². The smallest absolute Gasteiger partial charge is 0.127 e. The Bertz CT molecular complexity index is 595. The van der Waals surface area contributed by atoms with E-state index in [4.69, 9.17) is 22.1 Å². The molecular weight excluding hydrogens is 277 g/mol. The molecule has 2 rings (SSSR count). The summed E-state index contributed by atoms with van der Waals surface area (Å²) in [4.78, 5) is 0. The predicted molar refractivity (Wildman–Crippen MR) is 79.8 cm³/mol. The molecular formula is C16H17ClFNO. The fourth-order valence-electron chi connectivity index (χ4n) is 2.20. The monoisotopic (exact) mass is 293 g/mol.